The lowest BCUT2D eigenvalue weighted by atomic mass is 10.4. The second-order valence-electron chi connectivity index (χ2n) is 2.37. The Kier molecular flexibility index (Phi) is 2.12. The van der Waals surface area contributed by atoms with Crippen molar-refractivity contribution in [2.24, 2.45) is 0 Å². The third kappa shape index (κ3) is 1.61. The van der Waals surface area contributed by atoms with E-state index in [9.17, 15) is 10.1 Å². The Morgan fingerprint density at radius 3 is 2.62 bits per heavy atom. The number of thiophene rings is 2. The molecule has 0 aliphatic rings. The molecular formula is C8H5NO2S2. The van der Waals surface area contributed by atoms with Gasteiger partial charge in [-0.3, -0.25) is 10.1 Å². The topological polar surface area (TPSA) is 43.1 Å². The van der Waals surface area contributed by atoms with Crippen LogP contribution in [0.25, 0.3) is 9.75 Å². The van der Waals surface area contributed by atoms with Gasteiger partial charge in [0.25, 0.3) is 0 Å². The molecular weight excluding hydrogens is 206 g/mol. The molecule has 0 N–H and O–H groups in total. The molecule has 2 rings (SSSR count). The molecule has 0 amide bonds. The predicted octanol–water partition coefficient (Wildman–Crippen LogP) is 3.38. The summed E-state index contributed by atoms with van der Waals surface area (Å²) in [5.41, 5.74) is 0. The van der Waals surface area contributed by atoms with Gasteiger partial charge in [-0.15, -0.1) is 11.3 Å². The molecule has 66 valence electrons. The molecule has 0 aliphatic heterocycles. The highest BCUT2D eigenvalue weighted by Crippen LogP contribution is 2.34. The molecule has 0 aromatic carbocycles. The van der Waals surface area contributed by atoms with Gasteiger partial charge < -0.3 is 0 Å². The van der Waals surface area contributed by atoms with Crippen molar-refractivity contribution >= 4 is 27.7 Å². The van der Waals surface area contributed by atoms with Gasteiger partial charge in [0.05, 0.1) is 9.80 Å². The van der Waals surface area contributed by atoms with Crippen molar-refractivity contribution in [3.63, 3.8) is 0 Å². The fourth-order valence-corrected chi connectivity index (χ4v) is 2.63. The number of rotatable bonds is 2. The van der Waals surface area contributed by atoms with E-state index >= 15 is 0 Å². The maximum absolute atomic E-state index is 10.4. The van der Waals surface area contributed by atoms with Crippen molar-refractivity contribution in [3.8, 4) is 9.75 Å². The van der Waals surface area contributed by atoms with Crippen LogP contribution >= 0.6 is 22.7 Å². The van der Waals surface area contributed by atoms with Gasteiger partial charge in [0.2, 0.25) is 0 Å². The fourth-order valence-electron chi connectivity index (χ4n) is 0.977. The summed E-state index contributed by atoms with van der Waals surface area (Å²) < 4.78 is 0. The van der Waals surface area contributed by atoms with Gasteiger partial charge in [-0.1, -0.05) is 17.4 Å². The minimum Gasteiger partial charge on any atom is -0.258 e. The van der Waals surface area contributed by atoms with Crippen molar-refractivity contribution < 1.29 is 4.92 Å². The number of nitro groups is 1. The minimum atomic E-state index is -0.359. The third-order valence-electron chi connectivity index (χ3n) is 1.54. The van der Waals surface area contributed by atoms with E-state index in [1.807, 2.05) is 17.5 Å². The molecule has 13 heavy (non-hydrogen) atoms. The molecule has 0 unspecified atom stereocenters. The molecule has 5 heteroatoms. The van der Waals surface area contributed by atoms with Gasteiger partial charge in [-0.25, -0.2) is 0 Å². The monoisotopic (exact) mass is 211 g/mol. The van der Waals surface area contributed by atoms with Crippen LogP contribution in [0.15, 0.2) is 29.6 Å². The lowest BCUT2D eigenvalue weighted by Crippen LogP contribution is -1.80. The molecule has 0 fully saturated rings. The van der Waals surface area contributed by atoms with Crippen LogP contribution in [-0.2, 0) is 0 Å². The first-order chi connectivity index (χ1) is 6.27. The maximum Gasteiger partial charge on any atom is 0.324 e. The predicted molar refractivity (Wildman–Crippen MR) is 54.3 cm³/mol. The second-order valence-corrected chi connectivity index (χ2v) is 4.38. The standard InChI is InChI=1S/C8H5NO2S2/c10-9(11)8-4-3-7(13-8)6-2-1-5-12-6/h1-5H. The Bertz CT molecular complexity index is 419. The lowest BCUT2D eigenvalue weighted by molar-refractivity contribution is -0.380. The fraction of sp³-hybridized carbons (Fsp3) is 0. The van der Waals surface area contributed by atoms with Crippen molar-refractivity contribution in [3.05, 3.63) is 39.8 Å². The van der Waals surface area contributed by atoms with E-state index in [1.165, 1.54) is 11.3 Å². The van der Waals surface area contributed by atoms with Crippen molar-refractivity contribution in [1.29, 1.82) is 0 Å². The zero-order valence-electron chi connectivity index (χ0n) is 6.47. The zero-order valence-corrected chi connectivity index (χ0v) is 8.10. The molecule has 0 aliphatic carbocycles. The van der Waals surface area contributed by atoms with Crippen LogP contribution in [0, 0.1) is 10.1 Å². The molecule has 0 radical (unpaired) electrons. The van der Waals surface area contributed by atoms with Crippen LogP contribution in [-0.4, -0.2) is 4.92 Å². The summed E-state index contributed by atoms with van der Waals surface area (Å²) in [5, 5.41) is 12.6. The Balaban J connectivity index is 2.39. The van der Waals surface area contributed by atoms with E-state index in [0.717, 1.165) is 9.75 Å². The second kappa shape index (κ2) is 3.27. The number of hydrogen-bond donors (Lipinski definition) is 0. The van der Waals surface area contributed by atoms with Crippen LogP contribution in [0.2, 0.25) is 0 Å². The SMILES string of the molecule is O=[N+]([O-])c1ccc(-c2cccs2)s1. The smallest absolute Gasteiger partial charge is 0.258 e. The highest BCUT2D eigenvalue weighted by atomic mass is 32.1. The van der Waals surface area contributed by atoms with Gasteiger partial charge in [0, 0.05) is 10.9 Å². The van der Waals surface area contributed by atoms with E-state index in [1.54, 1.807) is 23.5 Å². The highest BCUT2D eigenvalue weighted by Gasteiger charge is 2.10. The van der Waals surface area contributed by atoms with Gasteiger partial charge in [-0.2, -0.15) is 0 Å². The molecule has 2 aromatic rings. The van der Waals surface area contributed by atoms with Gasteiger partial charge >= 0.3 is 5.00 Å². The van der Waals surface area contributed by atoms with Crippen LogP contribution in [0.1, 0.15) is 0 Å². The zero-order chi connectivity index (χ0) is 9.26. The van der Waals surface area contributed by atoms with Crippen molar-refractivity contribution in [1.82, 2.24) is 0 Å². The normalized spacial score (nSPS) is 10.2. The molecule has 2 aromatic heterocycles. The average molecular weight is 211 g/mol. The summed E-state index contributed by atoms with van der Waals surface area (Å²) in [4.78, 5) is 12.1. The molecule has 0 saturated heterocycles. The highest BCUT2D eigenvalue weighted by molar-refractivity contribution is 7.23. The molecule has 0 bridgehead atoms. The summed E-state index contributed by atoms with van der Waals surface area (Å²) in [5.74, 6) is 0. The maximum atomic E-state index is 10.4. The van der Waals surface area contributed by atoms with Crippen LogP contribution < -0.4 is 0 Å². The largest absolute Gasteiger partial charge is 0.324 e. The quantitative estimate of drug-likeness (QED) is 0.564. The van der Waals surface area contributed by atoms with E-state index in [0.29, 0.717) is 0 Å². The Labute approximate surface area is 82.4 Å². The van der Waals surface area contributed by atoms with E-state index in [4.69, 9.17) is 0 Å². The van der Waals surface area contributed by atoms with E-state index in [2.05, 4.69) is 0 Å². The third-order valence-corrected chi connectivity index (χ3v) is 3.64. The van der Waals surface area contributed by atoms with Gasteiger partial charge in [0.15, 0.2) is 0 Å². The summed E-state index contributed by atoms with van der Waals surface area (Å²) in [6, 6.07) is 7.22. The van der Waals surface area contributed by atoms with Crippen molar-refractivity contribution in [2.75, 3.05) is 0 Å². The van der Waals surface area contributed by atoms with Crippen LogP contribution in [0.5, 0.6) is 0 Å². The van der Waals surface area contributed by atoms with Crippen LogP contribution in [0.4, 0.5) is 5.00 Å². The Morgan fingerprint density at radius 2 is 2.08 bits per heavy atom. The lowest BCUT2D eigenvalue weighted by Gasteiger charge is -1.85. The Morgan fingerprint density at radius 1 is 1.23 bits per heavy atom. The first-order valence-corrected chi connectivity index (χ1v) is 5.25. The van der Waals surface area contributed by atoms with E-state index in [-0.39, 0.29) is 9.92 Å². The van der Waals surface area contributed by atoms with Crippen molar-refractivity contribution in [2.45, 2.75) is 0 Å². The summed E-state index contributed by atoms with van der Waals surface area (Å²) in [6.45, 7) is 0. The minimum absolute atomic E-state index is 0.198. The number of nitrogens with zero attached hydrogens (tertiary/aromatic N) is 1. The first-order valence-electron chi connectivity index (χ1n) is 3.55. The van der Waals surface area contributed by atoms with Gasteiger partial charge in [-0.05, 0) is 17.5 Å². The summed E-state index contributed by atoms with van der Waals surface area (Å²) in [7, 11) is 0. The number of hydrogen-bond acceptors (Lipinski definition) is 4. The average Bonchev–Trinajstić information content (AvgIpc) is 2.75. The molecule has 0 saturated carbocycles. The Hall–Kier alpha value is -1.20. The molecule has 2 heterocycles. The van der Waals surface area contributed by atoms with Crippen LogP contribution in [0.3, 0.4) is 0 Å². The molecule has 0 atom stereocenters. The first kappa shape index (κ1) is 8.40. The molecule has 0 spiro atoms. The molecule has 3 nitrogen and oxygen atoms in total. The summed E-state index contributed by atoms with van der Waals surface area (Å²) in [6.07, 6.45) is 0. The van der Waals surface area contributed by atoms with E-state index < -0.39 is 0 Å². The van der Waals surface area contributed by atoms with Gasteiger partial charge in [0.1, 0.15) is 0 Å². The summed E-state index contributed by atoms with van der Waals surface area (Å²) >= 11 is 2.80.